The largest absolute Gasteiger partial charge is 0.372 e. The SMILES string of the molecule is O=S(=O)(NCc1ccccc1COCc1ccccc1)c1ccccc1Cl. The Balaban J connectivity index is 1.65. The molecule has 27 heavy (non-hydrogen) atoms. The summed E-state index contributed by atoms with van der Waals surface area (Å²) in [5.41, 5.74) is 2.89. The van der Waals surface area contributed by atoms with Crippen LogP contribution in [0.5, 0.6) is 0 Å². The lowest BCUT2D eigenvalue weighted by Gasteiger charge is -2.12. The minimum Gasteiger partial charge on any atom is -0.372 e. The van der Waals surface area contributed by atoms with Gasteiger partial charge in [-0.1, -0.05) is 78.3 Å². The quantitative estimate of drug-likeness (QED) is 0.603. The molecule has 0 atom stereocenters. The van der Waals surface area contributed by atoms with E-state index >= 15 is 0 Å². The fraction of sp³-hybridized carbons (Fsp3) is 0.143. The Labute approximate surface area is 164 Å². The average molecular weight is 402 g/mol. The van der Waals surface area contributed by atoms with Crippen LogP contribution in [-0.4, -0.2) is 8.42 Å². The molecule has 0 unspecified atom stereocenters. The van der Waals surface area contributed by atoms with Gasteiger partial charge in [-0.2, -0.15) is 0 Å². The van der Waals surface area contributed by atoms with Gasteiger partial charge in [0, 0.05) is 6.54 Å². The van der Waals surface area contributed by atoms with Crippen molar-refractivity contribution in [3.63, 3.8) is 0 Å². The number of halogens is 1. The molecule has 0 amide bonds. The van der Waals surface area contributed by atoms with E-state index in [2.05, 4.69) is 4.72 Å². The monoisotopic (exact) mass is 401 g/mol. The Morgan fingerprint density at radius 1 is 0.778 bits per heavy atom. The van der Waals surface area contributed by atoms with E-state index in [1.54, 1.807) is 18.2 Å². The van der Waals surface area contributed by atoms with Crippen LogP contribution in [-0.2, 0) is 34.5 Å². The second kappa shape index (κ2) is 9.15. The normalized spacial score (nSPS) is 11.4. The standard InChI is InChI=1S/C21H20ClNO3S/c22-20-12-6-7-13-21(20)27(24,25)23-14-18-10-4-5-11-19(18)16-26-15-17-8-2-1-3-9-17/h1-13,23H,14-16H2. The molecular weight excluding hydrogens is 382 g/mol. The topological polar surface area (TPSA) is 55.4 Å². The highest BCUT2D eigenvalue weighted by Gasteiger charge is 2.17. The molecule has 0 fully saturated rings. The van der Waals surface area contributed by atoms with Gasteiger partial charge in [0.2, 0.25) is 10.0 Å². The van der Waals surface area contributed by atoms with Crippen molar-refractivity contribution in [3.8, 4) is 0 Å². The molecule has 3 rings (SSSR count). The Bertz CT molecular complexity index is 991. The van der Waals surface area contributed by atoms with Crippen LogP contribution in [0.2, 0.25) is 5.02 Å². The summed E-state index contributed by atoms with van der Waals surface area (Å²) < 4.78 is 33.4. The van der Waals surface area contributed by atoms with E-state index in [0.29, 0.717) is 13.2 Å². The summed E-state index contributed by atoms with van der Waals surface area (Å²) >= 11 is 6.01. The number of rotatable bonds is 8. The first-order valence-electron chi connectivity index (χ1n) is 8.49. The van der Waals surface area contributed by atoms with Gasteiger partial charge in [-0.05, 0) is 28.8 Å². The number of sulfonamides is 1. The summed E-state index contributed by atoms with van der Waals surface area (Å²) in [7, 11) is -3.69. The van der Waals surface area contributed by atoms with Crippen molar-refractivity contribution in [2.45, 2.75) is 24.7 Å². The van der Waals surface area contributed by atoms with E-state index in [-0.39, 0.29) is 16.5 Å². The van der Waals surface area contributed by atoms with E-state index in [0.717, 1.165) is 16.7 Å². The third kappa shape index (κ3) is 5.40. The molecule has 0 aliphatic rings. The third-order valence-electron chi connectivity index (χ3n) is 4.07. The fourth-order valence-electron chi connectivity index (χ4n) is 2.64. The van der Waals surface area contributed by atoms with E-state index in [1.165, 1.54) is 6.07 Å². The van der Waals surface area contributed by atoms with Crippen molar-refractivity contribution in [3.05, 3.63) is 101 Å². The maximum atomic E-state index is 12.5. The number of hydrogen-bond acceptors (Lipinski definition) is 3. The maximum absolute atomic E-state index is 12.5. The van der Waals surface area contributed by atoms with Crippen LogP contribution in [0.25, 0.3) is 0 Å². The first-order chi connectivity index (χ1) is 13.1. The lowest BCUT2D eigenvalue weighted by atomic mass is 10.1. The lowest BCUT2D eigenvalue weighted by Crippen LogP contribution is -2.24. The van der Waals surface area contributed by atoms with Crippen molar-refractivity contribution in [1.82, 2.24) is 4.72 Å². The van der Waals surface area contributed by atoms with Crippen molar-refractivity contribution < 1.29 is 13.2 Å². The van der Waals surface area contributed by atoms with Crippen molar-refractivity contribution >= 4 is 21.6 Å². The highest BCUT2D eigenvalue weighted by atomic mass is 35.5. The summed E-state index contributed by atoms with van der Waals surface area (Å²) in [6, 6.07) is 23.9. The minimum atomic E-state index is -3.69. The molecule has 0 aromatic heterocycles. The van der Waals surface area contributed by atoms with E-state index in [9.17, 15) is 8.42 Å². The van der Waals surface area contributed by atoms with Gasteiger partial charge < -0.3 is 4.74 Å². The van der Waals surface area contributed by atoms with Crippen LogP contribution in [0.15, 0.2) is 83.8 Å². The number of nitrogens with one attached hydrogen (secondary N) is 1. The zero-order valence-corrected chi connectivity index (χ0v) is 16.2. The molecule has 0 saturated heterocycles. The molecule has 0 bridgehead atoms. The Morgan fingerprint density at radius 2 is 1.41 bits per heavy atom. The van der Waals surface area contributed by atoms with Gasteiger partial charge >= 0.3 is 0 Å². The molecule has 3 aromatic rings. The highest BCUT2D eigenvalue weighted by Crippen LogP contribution is 2.21. The zero-order valence-electron chi connectivity index (χ0n) is 14.6. The molecule has 6 heteroatoms. The molecule has 1 N–H and O–H groups in total. The molecular formula is C21H20ClNO3S. The van der Waals surface area contributed by atoms with Crippen LogP contribution in [0.3, 0.4) is 0 Å². The molecule has 0 heterocycles. The maximum Gasteiger partial charge on any atom is 0.242 e. The van der Waals surface area contributed by atoms with Crippen molar-refractivity contribution in [1.29, 1.82) is 0 Å². The van der Waals surface area contributed by atoms with Crippen LogP contribution >= 0.6 is 11.6 Å². The van der Waals surface area contributed by atoms with E-state index in [4.69, 9.17) is 16.3 Å². The highest BCUT2D eigenvalue weighted by molar-refractivity contribution is 7.89. The van der Waals surface area contributed by atoms with Crippen LogP contribution in [0, 0.1) is 0 Å². The molecule has 0 saturated carbocycles. The summed E-state index contributed by atoms with van der Waals surface area (Å²) in [4.78, 5) is 0.0736. The molecule has 0 aliphatic heterocycles. The molecule has 0 aliphatic carbocycles. The Morgan fingerprint density at radius 3 is 2.15 bits per heavy atom. The summed E-state index contributed by atoms with van der Waals surface area (Å²) in [5, 5.41) is 0.199. The van der Waals surface area contributed by atoms with Gasteiger partial charge in [0.05, 0.1) is 18.2 Å². The molecule has 0 radical (unpaired) electrons. The van der Waals surface area contributed by atoms with Gasteiger partial charge in [-0.3, -0.25) is 0 Å². The van der Waals surface area contributed by atoms with Gasteiger partial charge in [0.1, 0.15) is 4.90 Å². The second-order valence-electron chi connectivity index (χ2n) is 6.00. The van der Waals surface area contributed by atoms with Crippen LogP contribution in [0.4, 0.5) is 0 Å². The number of benzene rings is 3. The molecule has 3 aromatic carbocycles. The van der Waals surface area contributed by atoms with E-state index < -0.39 is 10.0 Å². The van der Waals surface area contributed by atoms with Crippen molar-refractivity contribution in [2.24, 2.45) is 0 Å². The first kappa shape index (κ1) is 19.6. The van der Waals surface area contributed by atoms with Gasteiger partial charge in [-0.15, -0.1) is 0 Å². The predicted molar refractivity (Wildman–Crippen MR) is 107 cm³/mol. The van der Waals surface area contributed by atoms with Crippen molar-refractivity contribution in [2.75, 3.05) is 0 Å². The Hall–Kier alpha value is -2.18. The molecule has 0 spiro atoms. The molecule has 4 nitrogen and oxygen atoms in total. The van der Waals surface area contributed by atoms with Crippen LogP contribution in [0.1, 0.15) is 16.7 Å². The molecule has 140 valence electrons. The lowest BCUT2D eigenvalue weighted by molar-refractivity contribution is 0.106. The minimum absolute atomic E-state index is 0.0736. The predicted octanol–water partition coefficient (Wildman–Crippen LogP) is 4.54. The Kier molecular flexibility index (Phi) is 6.63. The zero-order chi connectivity index (χ0) is 19.1. The van der Waals surface area contributed by atoms with E-state index in [1.807, 2.05) is 54.6 Å². The average Bonchev–Trinajstić information content (AvgIpc) is 2.68. The first-order valence-corrected chi connectivity index (χ1v) is 10.3. The van der Waals surface area contributed by atoms with Gasteiger partial charge in [0.15, 0.2) is 0 Å². The second-order valence-corrected chi connectivity index (χ2v) is 8.14. The number of hydrogen-bond donors (Lipinski definition) is 1. The number of ether oxygens (including phenoxy) is 1. The fourth-order valence-corrected chi connectivity index (χ4v) is 4.16. The van der Waals surface area contributed by atoms with Gasteiger partial charge in [-0.25, -0.2) is 13.1 Å². The third-order valence-corrected chi connectivity index (χ3v) is 5.97. The summed E-state index contributed by atoms with van der Waals surface area (Å²) in [6.07, 6.45) is 0. The summed E-state index contributed by atoms with van der Waals surface area (Å²) in [6.45, 7) is 1.07. The van der Waals surface area contributed by atoms with Crippen LogP contribution < -0.4 is 4.72 Å². The smallest absolute Gasteiger partial charge is 0.242 e. The van der Waals surface area contributed by atoms with Gasteiger partial charge in [0.25, 0.3) is 0 Å². The summed E-state index contributed by atoms with van der Waals surface area (Å²) in [5.74, 6) is 0.